The lowest BCUT2D eigenvalue weighted by Gasteiger charge is -2.15. The fraction of sp³-hybridized carbons (Fsp3) is 0.333. The summed E-state index contributed by atoms with van der Waals surface area (Å²) in [5, 5.41) is 0. The first kappa shape index (κ1) is 12.9. The minimum absolute atomic E-state index is 0.0937. The molecule has 1 heterocycles. The number of hydrogen-bond acceptors (Lipinski definition) is 3. The van der Waals surface area contributed by atoms with Gasteiger partial charge in [0, 0.05) is 5.56 Å². The van der Waals surface area contributed by atoms with Crippen LogP contribution in [0.5, 0.6) is 0 Å². The van der Waals surface area contributed by atoms with Crippen LogP contribution in [0.4, 0.5) is 0 Å². The highest BCUT2D eigenvalue weighted by molar-refractivity contribution is 5.27. The molecule has 0 aliphatic carbocycles. The normalized spacial score (nSPS) is 12.6. The molecule has 0 radical (unpaired) electrons. The quantitative estimate of drug-likeness (QED) is 0.628. The number of aryl methyl sites for hydroxylation is 2. The van der Waals surface area contributed by atoms with Crippen LogP contribution in [0.25, 0.3) is 0 Å². The lowest BCUT2D eigenvalue weighted by Crippen LogP contribution is -2.29. The van der Waals surface area contributed by atoms with Crippen LogP contribution in [-0.4, -0.2) is 0 Å². The fourth-order valence-corrected chi connectivity index (χ4v) is 2.16. The molecule has 96 valence electrons. The van der Waals surface area contributed by atoms with Gasteiger partial charge in [-0.05, 0) is 37.0 Å². The van der Waals surface area contributed by atoms with Crippen LogP contribution in [-0.2, 0) is 12.8 Å². The van der Waals surface area contributed by atoms with E-state index < -0.39 is 0 Å². The molecule has 1 unspecified atom stereocenters. The highest BCUT2D eigenvalue weighted by atomic mass is 16.3. The Morgan fingerprint density at radius 2 is 1.83 bits per heavy atom. The van der Waals surface area contributed by atoms with Gasteiger partial charge in [-0.1, -0.05) is 31.2 Å². The van der Waals surface area contributed by atoms with E-state index in [1.807, 2.05) is 13.0 Å². The van der Waals surface area contributed by atoms with E-state index in [9.17, 15) is 0 Å². The first-order chi connectivity index (χ1) is 8.74. The molecular formula is C15H20N2O. The maximum Gasteiger partial charge on any atom is 0.105 e. The van der Waals surface area contributed by atoms with Crippen molar-refractivity contribution in [3.63, 3.8) is 0 Å². The third-order valence-electron chi connectivity index (χ3n) is 3.35. The SMILES string of the molecule is CCc1ccc(CC(NN)c2ccoc2C)cc1. The molecule has 2 rings (SSSR count). The van der Waals surface area contributed by atoms with E-state index in [2.05, 4.69) is 36.6 Å². The number of nitrogens with one attached hydrogen (secondary N) is 1. The lowest BCUT2D eigenvalue weighted by molar-refractivity contribution is 0.502. The largest absolute Gasteiger partial charge is 0.469 e. The van der Waals surface area contributed by atoms with Gasteiger partial charge in [0.2, 0.25) is 0 Å². The number of benzene rings is 1. The summed E-state index contributed by atoms with van der Waals surface area (Å²) in [6.07, 6.45) is 3.63. The summed E-state index contributed by atoms with van der Waals surface area (Å²) in [5.74, 6) is 6.56. The first-order valence-electron chi connectivity index (χ1n) is 6.32. The van der Waals surface area contributed by atoms with E-state index in [0.29, 0.717) is 0 Å². The maximum absolute atomic E-state index is 5.65. The van der Waals surface area contributed by atoms with Crippen molar-refractivity contribution in [1.29, 1.82) is 0 Å². The Balaban J connectivity index is 2.13. The average Bonchev–Trinajstić information content (AvgIpc) is 2.83. The smallest absolute Gasteiger partial charge is 0.105 e. The monoisotopic (exact) mass is 244 g/mol. The molecule has 0 spiro atoms. The van der Waals surface area contributed by atoms with Gasteiger partial charge in [-0.25, -0.2) is 0 Å². The van der Waals surface area contributed by atoms with Crippen LogP contribution in [0.15, 0.2) is 41.0 Å². The number of nitrogens with two attached hydrogens (primary N) is 1. The van der Waals surface area contributed by atoms with Gasteiger partial charge in [0.15, 0.2) is 0 Å². The summed E-state index contributed by atoms with van der Waals surface area (Å²) in [4.78, 5) is 0. The fourth-order valence-electron chi connectivity index (χ4n) is 2.16. The summed E-state index contributed by atoms with van der Waals surface area (Å²) in [7, 11) is 0. The number of furan rings is 1. The number of hydrogen-bond donors (Lipinski definition) is 2. The van der Waals surface area contributed by atoms with Gasteiger partial charge in [0.25, 0.3) is 0 Å². The molecule has 1 atom stereocenters. The molecule has 1 aromatic carbocycles. The maximum atomic E-state index is 5.65. The molecule has 0 bridgehead atoms. The minimum atomic E-state index is 0.0937. The molecule has 0 aliphatic rings. The van der Waals surface area contributed by atoms with Crippen LogP contribution in [0.2, 0.25) is 0 Å². The predicted octanol–water partition coefficient (Wildman–Crippen LogP) is 2.90. The van der Waals surface area contributed by atoms with Gasteiger partial charge in [-0.3, -0.25) is 11.3 Å². The zero-order valence-electron chi connectivity index (χ0n) is 10.9. The molecular weight excluding hydrogens is 224 g/mol. The van der Waals surface area contributed by atoms with Crippen molar-refractivity contribution in [3.8, 4) is 0 Å². The van der Waals surface area contributed by atoms with Gasteiger partial charge in [0.05, 0.1) is 12.3 Å². The zero-order valence-corrected chi connectivity index (χ0v) is 10.9. The lowest BCUT2D eigenvalue weighted by atomic mass is 9.99. The Morgan fingerprint density at radius 3 is 2.33 bits per heavy atom. The summed E-state index contributed by atoms with van der Waals surface area (Å²) in [6, 6.07) is 10.7. The highest BCUT2D eigenvalue weighted by Crippen LogP contribution is 2.22. The van der Waals surface area contributed by atoms with Gasteiger partial charge in [-0.15, -0.1) is 0 Å². The third kappa shape index (κ3) is 2.81. The van der Waals surface area contributed by atoms with E-state index in [1.54, 1.807) is 6.26 Å². The average molecular weight is 244 g/mol. The molecule has 3 N–H and O–H groups in total. The molecule has 3 heteroatoms. The first-order valence-corrected chi connectivity index (χ1v) is 6.32. The Hall–Kier alpha value is -1.58. The van der Waals surface area contributed by atoms with E-state index in [4.69, 9.17) is 10.3 Å². The van der Waals surface area contributed by atoms with Gasteiger partial charge < -0.3 is 4.42 Å². The molecule has 3 nitrogen and oxygen atoms in total. The van der Waals surface area contributed by atoms with Gasteiger partial charge in [0.1, 0.15) is 5.76 Å². The number of hydrazine groups is 1. The van der Waals surface area contributed by atoms with E-state index in [0.717, 1.165) is 24.2 Å². The Bertz CT molecular complexity index is 487. The van der Waals surface area contributed by atoms with Crippen LogP contribution < -0.4 is 11.3 Å². The van der Waals surface area contributed by atoms with Crippen LogP contribution in [0.1, 0.15) is 35.4 Å². The summed E-state index contributed by atoms with van der Waals surface area (Å²) in [6.45, 7) is 4.12. The van der Waals surface area contributed by atoms with E-state index in [-0.39, 0.29) is 6.04 Å². The Kier molecular flexibility index (Phi) is 4.18. The predicted molar refractivity (Wildman–Crippen MR) is 73.0 cm³/mol. The standard InChI is InChI=1S/C15H20N2O/c1-3-12-4-6-13(7-5-12)10-15(17-16)14-8-9-18-11(14)2/h4-9,15,17H,3,10,16H2,1-2H3. The summed E-state index contributed by atoms with van der Waals surface area (Å²) < 4.78 is 5.33. The summed E-state index contributed by atoms with van der Waals surface area (Å²) in [5.41, 5.74) is 6.62. The van der Waals surface area contributed by atoms with E-state index in [1.165, 1.54) is 11.1 Å². The van der Waals surface area contributed by atoms with Gasteiger partial charge in [-0.2, -0.15) is 0 Å². The molecule has 18 heavy (non-hydrogen) atoms. The van der Waals surface area contributed by atoms with Crippen LogP contribution in [0.3, 0.4) is 0 Å². The topological polar surface area (TPSA) is 51.2 Å². The van der Waals surface area contributed by atoms with Crippen molar-refractivity contribution in [2.24, 2.45) is 5.84 Å². The Morgan fingerprint density at radius 1 is 1.17 bits per heavy atom. The Labute approximate surface area is 108 Å². The molecule has 0 saturated carbocycles. The van der Waals surface area contributed by atoms with Crippen molar-refractivity contribution in [1.82, 2.24) is 5.43 Å². The van der Waals surface area contributed by atoms with Crippen molar-refractivity contribution >= 4 is 0 Å². The van der Waals surface area contributed by atoms with Crippen molar-refractivity contribution in [2.45, 2.75) is 32.7 Å². The molecule has 0 aliphatic heterocycles. The van der Waals surface area contributed by atoms with Crippen LogP contribution >= 0.6 is 0 Å². The molecule has 0 fully saturated rings. The molecule has 1 aromatic heterocycles. The highest BCUT2D eigenvalue weighted by Gasteiger charge is 2.14. The van der Waals surface area contributed by atoms with Crippen molar-refractivity contribution in [2.75, 3.05) is 0 Å². The van der Waals surface area contributed by atoms with E-state index >= 15 is 0 Å². The minimum Gasteiger partial charge on any atom is -0.469 e. The molecule has 0 saturated heterocycles. The zero-order chi connectivity index (χ0) is 13.0. The van der Waals surface area contributed by atoms with Crippen LogP contribution in [0, 0.1) is 6.92 Å². The van der Waals surface area contributed by atoms with Gasteiger partial charge >= 0.3 is 0 Å². The summed E-state index contributed by atoms with van der Waals surface area (Å²) >= 11 is 0. The third-order valence-corrected chi connectivity index (χ3v) is 3.35. The second-order valence-corrected chi connectivity index (χ2v) is 4.53. The number of rotatable bonds is 5. The van der Waals surface area contributed by atoms with Crippen molar-refractivity contribution < 1.29 is 4.42 Å². The second-order valence-electron chi connectivity index (χ2n) is 4.53. The molecule has 0 amide bonds. The second kappa shape index (κ2) is 5.85. The molecule has 2 aromatic rings. The van der Waals surface area contributed by atoms with Crippen molar-refractivity contribution in [3.05, 3.63) is 59.0 Å².